The summed E-state index contributed by atoms with van der Waals surface area (Å²) in [7, 11) is 0. The van der Waals surface area contributed by atoms with Gasteiger partial charge in [0.15, 0.2) is 0 Å². The van der Waals surface area contributed by atoms with Crippen molar-refractivity contribution in [2.24, 2.45) is 5.73 Å². The van der Waals surface area contributed by atoms with E-state index in [9.17, 15) is 0 Å². The Morgan fingerprint density at radius 1 is 1.44 bits per heavy atom. The number of benzene rings is 1. The topological polar surface area (TPSA) is 38.0 Å². The summed E-state index contributed by atoms with van der Waals surface area (Å²) in [6.07, 6.45) is 4.84. The van der Waals surface area contributed by atoms with E-state index in [1.807, 2.05) is 11.8 Å². The summed E-state index contributed by atoms with van der Waals surface area (Å²) < 4.78 is 0. The molecule has 0 aromatic heterocycles. The molecule has 2 nitrogen and oxygen atoms in total. The molecule has 0 saturated carbocycles. The molecule has 0 bridgehead atoms. The number of hydrogen-bond donors (Lipinski definition) is 2. The highest BCUT2D eigenvalue weighted by Crippen LogP contribution is 2.30. The van der Waals surface area contributed by atoms with Crippen LogP contribution in [-0.4, -0.2) is 18.3 Å². The third-order valence-corrected chi connectivity index (χ3v) is 4.52. The first-order valence-corrected chi connectivity index (χ1v) is 7.95. The van der Waals surface area contributed by atoms with Gasteiger partial charge < -0.3 is 11.1 Å². The van der Waals surface area contributed by atoms with Crippen molar-refractivity contribution in [2.75, 3.05) is 12.3 Å². The van der Waals surface area contributed by atoms with E-state index >= 15 is 0 Å². The Kier molecular flexibility index (Phi) is 5.54. The predicted molar refractivity (Wildman–Crippen MR) is 80.1 cm³/mol. The average molecular weight is 264 g/mol. The van der Waals surface area contributed by atoms with Crippen LogP contribution in [0.3, 0.4) is 0 Å². The minimum Gasteiger partial charge on any atom is -0.328 e. The second kappa shape index (κ2) is 7.17. The van der Waals surface area contributed by atoms with Crippen LogP contribution in [0, 0.1) is 0 Å². The molecule has 1 aliphatic heterocycles. The molecule has 100 valence electrons. The Bertz CT molecular complexity index is 377. The van der Waals surface area contributed by atoms with Crippen molar-refractivity contribution >= 4 is 11.8 Å². The summed E-state index contributed by atoms with van der Waals surface area (Å²) in [5, 5.41) is 3.50. The third-order valence-electron chi connectivity index (χ3n) is 3.32. The lowest BCUT2D eigenvalue weighted by Gasteiger charge is -2.16. The van der Waals surface area contributed by atoms with Gasteiger partial charge in [-0.25, -0.2) is 0 Å². The van der Waals surface area contributed by atoms with Crippen LogP contribution in [0.2, 0.25) is 0 Å². The van der Waals surface area contributed by atoms with Gasteiger partial charge in [-0.3, -0.25) is 0 Å². The van der Waals surface area contributed by atoms with E-state index in [0.717, 1.165) is 19.5 Å². The molecule has 1 heterocycles. The maximum atomic E-state index is 5.73. The van der Waals surface area contributed by atoms with Crippen LogP contribution < -0.4 is 11.1 Å². The Hall–Kier alpha value is -0.510. The Morgan fingerprint density at radius 3 is 3.17 bits per heavy atom. The van der Waals surface area contributed by atoms with E-state index in [4.69, 9.17) is 5.73 Å². The maximum absolute atomic E-state index is 5.73. The van der Waals surface area contributed by atoms with E-state index in [0.29, 0.717) is 6.04 Å². The molecule has 0 radical (unpaired) electrons. The van der Waals surface area contributed by atoms with E-state index < -0.39 is 0 Å². The van der Waals surface area contributed by atoms with E-state index in [-0.39, 0.29) is 0 Å². The van der Waals surface area contributed by atoms with Crippen LogP contribution in [0.4, 0.5) is 0 Å². The molecule has 1 unspecified atom stereocenters. The van der Waals surface area contributed by atoms with Gasteiger partial charge in [0.2, 0.25) is 0 Å². The Labute approximate surface area is 115 Å². The summed E-state index contributed by atoms with van der Waals surface area (Å²) >= 11 is 2.00. The van der Waals surface area contributed by atoms with Crippen LogP contribution in [0.15, 0.2) is 23.1 Å². The molecule has 0 amide bonds. The number of nitrogens with one attached hydrogen (secondary N) is 1. The number of rotatable bonds is 6. The van der Waals surface area contributed by atoms with Crippen molar-refractivity contribution in [3.05, 3.63) is 29.3 Å². The maximum Gasteiger partial charge on any atom is 0.0205 e. The summed E-state index contributed by atoms with van der Waals surface area (Å²) in [5.41, 5.74) is 8.69. The first-order chi connectivity index (χ1) is 8.75. The highest BCUT2D eigenvalue weighted by Gasteiger charge is 2.09. The highest BCUT2D eigenvalue weighted by atomic mass is 32.2. The quantitative estimate of drug-likeness (QED) is 0.776. The largest absolute Gasteiger partial charge is 0.328 e. The normalized spacial score (nSPS) is 16.3. The van der Waals surface area contributed by atoms with Crippen molar-refractivity contribution in [2.45, 2.75) is 50.1 Å². The van der Waals surface area contributed by atoms with Crippen LogP contribution in [0.25, 0.3) is 0 Å². The SMILES string of the molecule is CC(N)CCCNCc1ccc2c(c1)CCCS2. The molecule has 1 aromatic rings. The van der Waals surface area contributed by atoms with Crippen molar-refractivity contribution < 1.29 is 0 Å². The number of thioether (sulfide) groups is 1. The Balaban J connectivity index is 1.76. The second-order valence-electron chi connectivity index (χ2n) is 5.19. The molecule has 0 fully saturated rings. The number of aryl methyl sites for hydroxylation is 1. The smallest absolute Gasteiger partial charge is 0.0205 e. The molecule has 1 aromatic carbocycles. The summed E-state index contributed by atoms with van der Waals surface area (Å²) in [6, 6.07) is 7.25. The number of fused-ring (bicyclic) bond motifs is 1. The zero-order valence-electron chi connectivity index (χ0n) is 11.2. The fourth-order valence-electron chi connectivity index (χ4n) is 2.31. The van der Waals surface area contributed by atoms with Crippen molar-refractivity contribution in [3.8, 4) is 0 Å². The summed E-state index contributed by atoms with van der Waals surface area (Å²) in [4.78, 5) is 1.49. The highest BCUT2D eigenvalue weighted by molar-refractivity contribution is 7.99. The molecule has 0 spiro atoms. The predicted octanol–water partition coefficient (Wildman–Crippen LogP) is 2.94. The lowest BCUT2D eigenvalue weighted by molar-refractivity contribution is 0.574. The summed E-state index contributed by atoms with van der Waals surface area (Å²) in [5.74, 6) is 1.28. The molecule has 0 aliphatic carbocycles. The van der Waals surface area contributed by atoms with Gasteiger partial charge in [0.05, 0.1) is 0 Å². The monoisotopic (exact) mass is 264 g/mol. The molecule has 18 heavy (non-hydrogen) atoms. The van der Waals surface area contributed by atoms with E-state index in [1.165, 1.54) is 35.5 Å². The molecule has 3 N–H and O–H groups in total. The van der Waals surface area contributed by atoms with Crippen molar-refractivity contribution in [3.63, 3.8) is 0 Å². The lowest BCUT2D eigenvalue weighted by atomic mass is 10.1. The van der Waals surface area contributed by atoms with Gasteiger partial charge in [-0.2, -0.15) is 0 Å². The molecular weight excluding hydrogens is 240 g/mol. The summed E-state index contributed by atoms with van der Waals surface area (Å²) in [6.45, 7) is 4.12. The van der Waals surface area contributed by atoms with E-state index in [1.54, 1.807) is 5.56 Å². The number of hydrogen-bond acceptors (Lipinski definition) is 3. The van der Waals surface area contributed by atoms with Crippen molar-refractivity contribution in [1.29, 1.82) is 0 Å². The first kappa shape index (κ1) is 13.9. The molecule has 3 heteroatoms. The van der Waals surface area contributed by atoms with E-state index in [2.05, 4.69) is 30.4 Å². The standard InChI is InChI=1S/C15H24N2S/c1-12(16)4-2-8-17-11-13-6-7-15-14(10-13)5-3-9-18-15/h6-7,10,12,17H,2-5,8-9,11,16H2,1H3. The molecule has 0 saturated heterocycles. The Morgan fingerprint density at radius 2 is 2.33 bits per heavy atom. The van der Waals surface area contributed by atoms with Crippen LogP contribution in [0.5, 0.6) is 0 Å². The van der Waals surface area contributed by atoms with Gasteiger partial charge in [0, 0.05) is 17.5 Å². The van der Waals surface area contributed by atoms with Gasteiger partial charge >= 0.3 is 0 Å². The van der Waals surface area contributed by atoms with Gasteiger partial charge in [-0.1, -0.05) is 12.1 Å². The molecule has 1 aliphatic rings. The van der Waals surface area contributed by atoms with Crippen LogP contribution >= 0.6 is 11.8 Å². The van der Waals surface area contributed by atoms with Crippen LogP contribution in [-0.2, 0) is 13.0 Å². The number of nitrogens with two attached hydrogens (primary N) is 1. The zero-order valence-corrected chi connectivity index (χ0v) is 12.1. The molecule has 2 rings (SSSR count). The van der Waals surface area contributed by atoms with Gasteiger partial charge in [-0.05, 0) is 62.1 Å². The molecule has 1 atom stereocenters. The first-order valence-electron chi connectivity index (χ1n) is 6.96. The van der Waals surface area contributed by atoms with Gasteiger partial charge in [0.1, 0.15) is 0 Å². The zero-order chi connectivity index (χ0) is 12.8. The second-order valence-corrected chi connectivity index (χ2v) is 6.33. The fraction of sp³-hybridized carbons (Fsp3) is 0.600. The van der Waals surface area contributed by atoms with Gasteiger partial charge in [0.25, 0.3) is 0 Å². The minimum absolute atomic E-state index is 0.326. The molecular formula is C15H24N2S. The minimum atomic E-state index is 0.326. The van der Waals surface area contributed by atoms with Crippen LogP contribution in [0.1, 0.15) is 37.3 Å². The van der Waals surface area contributed by atoms with Gasteiger partial charge in [-0.15, -0.1) is 11.8 Å². The fourth-order valence-corrected chi connectivity index (χ4v) is 3.32. The average Bonchev–Trinajstić information content (AvgIpc) is 2.38. The lowest BCUT2D eigenvalue weighted by Crippen LogP contribution is -2.20. The third kappa shape index (κ3) is 4.30. The van der Waals surface area contributed by atoms with Crippen molar-refractivity contribution in [1.82, 2.24) is 5.32 Å².